The lowest BCUT2D eigenvalue weighted by atomic mass is 10.2. The van der Waals surface area contributed by atoms with Crippen LogP contribution in [0.1, 0.15) is 35.3 Å². The fourth-order valence-electron chi connectivity index (χ4n) is 1.31. The molecule has 2 aromatic rings. The first-order chi connectivity index (χ1) is 8.58. The van der Waals surface area contributed by atoms with Gasteiger partial charge in [-0.05, 0) is 12.1 Å². The molecule has 94 valence electrons. The molecule has 0 bridgehead atoms. The van der Waals surface area contributed by atoms with Gasteiger partial charge in [-0.15, -0.1) is 11.3 Å². The van der Waals surface area contributed by atoms with Crippen molar-refractivity contribution in [1.82, 2.24) is 9.97 Å². The highest BCUT2D eigenvalue weighted by Gasteiger charge is 2.14. The Balaban J connectivity index is 2.15. The lowest BCUT2D eigenvalue weighted by Gasteiger charge is -2.02. The van der Waals surface area contributed by atoms with Crippen LogP contribution in [0.4, 0.5) is 10.2 Å². The summed E-state index contributed by atoms with van der Waals surface area (Å²) < 4.78 is 13.3. The summed E-state index contributed by atoms with van der Waals surface area (Å²) in [4.78, 5) is 19.8. The zero-order chi connectivity index (χ0) is 13.1. The molecule has 1 amide bonds. The molecule has 2 aromatic heterocycles. The molecule has 0 saturated heterocycles. The highest BCUT2D eigenvalue weighted by atomic mass is 32.1. The van der Waals surface area contributed by atoms with Gasteiger partial charge in [-0.25, -0.2) is 14.4 Å². The molecule has 0 aromatic carbocycles. The zero-order valence-electron chi connectivity index (χ0n) is 9.98. The van der Waals surface area contributed by atoms with E-state index in [1.165, 1.54) is 29.7 Å². The van der Waals surface area contributed by atoms with Crippen molar-refractivity contribution in [3.63, 3.8) is 0 Å². The van der Waals surface area contributed by atoms with Gasteiger partial charge in [0.2, 0.25) is 0 Å². The number of hydrogen-bond donors (Lipinski definition) is 1. The summed E-state index contributed by atoms with van der Waals surface area (Å²) in [6.07, 6.45) is 1.42. The molecule has 0 aliphatic heterocycles. The molecule has 6 heteroatoms. The van der Waals surface area contributed by atoms with Crippen LogP contribution in [0.2, 0.25) is 0 Å². The molecular formula is C12H12FN3OS. The monoisotopic (exact) mass is 265 g/mol. The Labute approximate surface area is 108 Å². The van der Waals surface area contributed by atoms with Gasteiger partial charge in [-0.1, -0.05) is 13.8 Å². The Morgan fingerprint density at radius 1 is 1.50 bits per heavy atom. The maximum atomic E-state index is 13.3. The van der Waals surface area contributed by atoms with Crippen molar-refractivity contribution in [3.8, 4) is 0 Å². The molecule has 0 atom stereocenters. The van der Waals surface area contributed by atoms with Crippen LogP contribution < -0.4 is 5.32 Å². The Morgan fingerprint density at radius 3 is 2.89 bits per heavy atom. The minimum absolute atomic E-state index is 0.0819. The highest BCUT2D eigenvalue weighted by molar-refractivity contribution is 7.09. The third kappa shape index (κ3) is 2.70. The van der Waals surface area contributed by atoms with E-state index in [-0.39, 0.29) is 17.4 Å². The van der Waals surface area contributed by atoms with Crippen molar-refractivity contribution in [2.45, 2.75) is 19.8 Å². The molecule has 0 spiro atoms. The molecule has 4 nitrogen and oxygen atoms in total. The van der Waals surface area contributed by atoms with Gasteiger partial charge in [0.25, 0.3) is 5.91 Å². The summed E-state index contributed by atoms with van der Waals surface area (Å²) in [5.74, 6) is -0.828. The third-order valence-electron chi connectivity index (χ3n) is 2.24. The van der Waals surface area contributed by atoms with E-state index >= 15 is 0 Å². The van der Waals surface area contributed by atoms with Gasteiger partial charge >= 0.3 is 0 Å². The van der Waals surface area contributed by atoms with Gasteiger partial charge in [0.15, 0.2) is 11.6 Å². The van der Waals surface area contributed by atoms with Crippen LogP contribution >= 0.6 is 11.3 Å². The van der Waals surface area contributed by atoms with E-state index in [9.17, 15) is 9.18 Å². The Bertz CT molecular complexity index is 568. The number of carbonyl (C=O) groups excluding carboxylic acids is 1. The summed E-state index contributed by atoms with van der Waals surface area (Å²) in [6, 6.07) is 2.70. The summed E-state index contributed by atoms with van der Waals surface area (Å²) in [5, 5.41) is 4.93. The third-order valence-corrected chi connectivity index (χ3v) is 3.38. The van der Waals surface area contributed by atoms with Gasteiger partial charge in [-0.2, -0.15) is 0 Å². The van der Waals surface area contributed by atoms with Crippen LogP contribution in [0.15, 0.2) is 23.7 Å². The van der Waals surface area contributed by atoms with Crippen LogP contribution in [0.25, 0.3) is 0 Å². The number of amides is 1. The molecule has 18 heavy (non-hydrogen) atoms. The second kappa shape index (κ2) is 5.22. The topological polar surface area (TPSA) is 54.9 Å². The van der Waals surface area contributed by atoms with Crippen LogP contribution in [-0.2, 0) is 0 Å². The number of rotatable bonds is 3. The van der Waals surface area contributed by atoms with Gasteiger partial charge in [-0.3, -0.25) is 4.79 Å². The zero-order valence-corrected chi connectivity index (χ0v) is 10.8. The van der Waals surface area contributed by atoms with E-state index < -0.39 is 11.7 Å². The number of pyridine rings is 1. The van der Waals surface area contributed by atoms with Crippen molar-refractivity contribution in [2.24, 2.45) is 0 Å². The maximum Gasteiger partial charge on any atom is 0.276 e. The number of nitrogens with one attached hydrogen (secondary N) is 1. The molecule has 0 unspecified atom stereocenters. The van der Waals surface area contributed by atoms with Crippen molar-refractivity contribution >= 4 is 23.1 Å². The average molecular weight is 265 g/mol. The molecular weight excluding hydrogens is 253 g/mol. The SMILES string of the molecule is CC(C)c1nc(C(=O)Nc2ncccc2F)cs1. The summed E-state index contributed by atoms with van der Waals surface area (Å²) >= 11 is 1.41. The fourth-order valence-corrected chi connectivity index (χ4v) is 2.12. The summed E-state index contributed by atoms with van der Waals surface area (Å²) in [5.41, 5.74) is 0.286. The second-order valence-electron chi connectivity index (χ2n) is 4.01. The molecule has 1 N–H and O–H groups in total. The van der Waals surface area contributed by atoms with E-state index in [0.29, 0.717) is 0 Å². The molecule has 0 aliphatic rings. The molecule has 0 radical (unpaired) electrons. The first kappa shape index (κ1) is 12.6. The first-order valence-electron chi connectivity index (χ1n) is 5.45. The van der Waals surface area contributed by atoms with Crippen LogP contribution in [0.3, 0.4) is 0 Å². The second-order valence-corrected chi connectivity index (χ2v) is 4.90. The van der Waals surface area contributed by atoms with Crippen molar-refractivity contribution in [2.75, 3.05) is 5.32 Å². The number of carbonyl (C=O) groups is 1. The quantitative estimate of drug-likeness (QED) is 0.928. The largest absolute Gasteiger partial charge is 0.303 e. The standard InChI is InChI=1S/C12H12FN3OS/c1-7(2)12-15-9(6-18-12)11(17)16-10-8(13)4-3-5-14-10/h3-7H,1-2H3,(H,14,16,17). The van der Waals surface area contributed by atoms with E-state index in [2.05, 4.69) is 15.3 Å². The van der Waals surface area contributed by atoms with Crippen LogP contribution in [-0.4, -0.2) is 15.9 Å². The number of halogens is 1. The summed E-state index contributed by atoms with van der Waals surface area (Å²) in [7, 11) is 0. The molecule has 2 rings (SSSR count). The van der Waals surface area contributed by atoms with E-state index in [0.717, 1.165) is 5.01 Å². The normalized spacial score (nSPS) is 10.7. The van der Waals surface area contributed by atoms with Crippen molar-refractivity contribution in [3.05, 3.63) is 40.2 Å². The molecule has 0 fully saturated rings. The Kier molecular flexibility index (Phi) is 3.66. The minimum atomic E-state index is -0.565. The summed E-state index contributed by atoms with van der Waals surface area (Å²) in [6.45, 7) is 4.00. The molecule has 0 saturated carbocycles. The van der Waals surface area contributed by atoms with Crippen LogP contribution in [0, 0.1) is 5.82 Å². The number of aromatic nitrogens is 2. The predicted molar refractivity (Wildman–Crippen MR) is 68.4 cm³/mol. The Morgan fingerprint density at radius 2 is 2.28 bits per heavy atom. The van der Waals surface area contributed by atoms with E-state index in [4.69, 9.17) is 0 Å². The van der Waals surface area contributed by atoms with Gasteiger partial charge in [0.1, 0.15) is 5.69 Å². The number of anilines is 1. The van der Waals surface area contributed by atoms with E-state index in [1.54, 1.807) is 5.38 Å². The average Bonchev–Trinajstić information content (AvgIpc) is 2.81. The van der Waals surface area contributed by atoms with Crippen molar-refractivity contribution in [1.29, 1.82) is 0 Å². The molecule has 2 heterocycles. The number of nitrogens with zero attached hydrogens (tertiary/aromatic N) is 2. The maximum absolute atomic E-state index is 13.3. The fraction of sp³-hybridized carbons (Fsp3) is 0.250. The number of hydrogen-bond acceptors (Lipinski definition) is 4. The highest BCUT2D eigenvalue weighted by Crippen LogP contribution is 2.20. The van der Waals surface area contributed by atoms with Gasteiger partial charge in [0.05, 0.1) is 5.01 Å². The lowest BCUT2D eigenvalue weighted by molar-refractivity contribution is 0.102. The van der Waals surface area contributed by atoms with Gasteiger partial charge in [0, 0.05) is 17.5 Å². The number of thiazole rings is 1. The van der Waals surface area contributed by atoms with Crippen LogP contribution in [0.5, 0.6) is 0 Å². The minimum Gasteiger partial charge on any atom is -0.303 e. The predicted octanol–water partition coefficient (Wildman–Crippen LogP) is 3.05. The van der Waals surface area contributed by atoms with E-state index in [1.807, 2.05) is 13.8 Å². The molecule has 0 aliphatic carbocycles. The first-order valence-corrected chi connectivity index (χ1v) is 6.33. The smallest absolute Gasteiger partial charge is 0.276 e. The van der Waals surface area contributed by atoms with Gasteiger partial charge < -0.3 is 5.32 Å². The lowest BCUT2D eigenvalue weighted by Crippen LogP contribution is -2.14. The van der Waals surface area contributed by atoms with Crippen molar-refractivity contribution < 1.29 is 9.18 Å². The Hall–Kier alpha value is -1.82.